The quantitative estimate of drug-likeness (QED) is 0.760. The van der Waals surface area contributed by atoms with Crippen molar-refractivity contribution in [3.8, 4) is 0 Å². The van der Waals surface area contributed by atoms with Gasteiger partial charge in [0.1, 0.15) is 0 Å². The number of nitrogens with one attached hydrogen (secondary N) is 1. The Kier molecular flexibility index (Phi) is 4.40. The average molecular weight is 357 g/mol. The number of benzene rings is 1. The van der Waals surface area contributed by atoms with Gasteiger partial charge in [-0.3, -0.25) is 9.36 Å². The third-order valence-corrected chi connectivity index (χ3v) is 5.52. The van der Waals surface area contributed by atoms with Crippen LogP contribution in [-0.2, 0) is 24.2 Å². The molecule has 0 unspecified atom stereocenters. The highest BCUT2D eigenvalue weighted by atomic mass is 32.1. The first-order valence-electron chi connectivity index (χ1n) is 8.57. The fraction of sp³-hybridized carbons (Fsp3) is 0.389. The van der Waals surface area contributed by atoms with Crippen molar-refractivity contribution in [2.45, 2.75) is 45.1 Å². The Bertz CT molecular complexity index is 946. The van der Waals surface area contributed by atoms with E-state index in [9.17, 15) is 9.59 Å². The molecule has 1 amide bonds. The van der Waals surface area contributed by atoms with Gasteiger partial charge in [-0.15, -0.1) is 11.3 Å². The van der Waals surface area contributed by atoms with Crippen LogP contribution in [0.15, 0.2) is 33.5 Å². The van der Waals surface area contributed by atoms with Crippen LogP contribution in [0.3, 0.4) is 0 Å². The molecule has 1 N–H and O–H groups in total. The van der Waals surface area contributed by atoms with Gasteiger partial charge < -0.3 is 9.73 Å². The average Bonchev–Trinajstić information content (AvgIpc) is 3.15. The van der Waals surface area contributed by atoms with Crippen LogP contribution in [0.5, 0.6) is 0 Å². The molecule has 0 aliphatic heterocycles. The first-order chi connectivity index (χ1) is 12.2. The zero-order chi connectivity index (χ0) is 17.2. The molecule has 2 aromatic heterocycles. The Morgan fingerprint density at radius 2 is 2.12 bits per heavy atom. The number of anilines is 1. The predicted molar refractivity (Wildman–Crippen MR) is 97.1 cm³/mol. The number of hydrogen-bond donors (Lipinski definition) is 1. The van der Waals surface area contributed by atoms with Gasteiger partial charge in [0.05, 0.1) is 11.2 Å². The molecular formula is C18H19N3O3S. The zero-order valence-corrected chi connectivity index (χ0v) is 14.6. The van der Waals surface area contributed by atoms with Gasteiger partial charge in [-0.1, -0.05) is 12.1 Å². The summed E-state index contributed by atoms with van der Waals surface area (Å²) >= 11 is 1.59. The molecule has 130 valence electrons. The number of hydrogen-bond acceptors (Lipinski definition) is 5. The van der Waals surface area contributed by atoms with Crippen molar-refractivity contribution in [1.29, 1.82) is 0 Å². The van der Waals surface area contributed by atoms with E-state index in [0.717, 1.165) is 24.1 Å². The summed E-state index contributed by atoms with van der Waals surface area (Å²) in [5.41, 5.74) is 2.48. The molecule has 0 saturated carbocycles. The highest BCUT2D eigenvalue weighted by Gasteiger charge is 2.16. The summed E-state index contributed by atoms with van der Waals surface area (Å²) in [6.07, 6.45) is 5.38. The number of thiazole rings is 1. The number of amides is 1. The molecule has 0 fully saturated rings. The summed E-state index contributed by atoms with van der Waals surface area (Å²) in [4.78, 5) is 29.9. The fourth-order valence-corrected chi connectivity index (χ4v) is 4.28. The Morgan fingerprint density at radius 1 is 1.28 bits per heavy atom. The maximum absolute atomic E-state index is 12.1. The van der Waals surface area contributed by atoms with Gasteiger partial charge in [-0.25, -0.2) is 9.78 Å². The first kappa shape index (κ1) is 16.1. The van der Waals surface area contributed by atoms with E-state index in [1.165, 1.54) is 17.7 Å². The molecular weight excluding hydrogens is 338 g/mol. The SMILES string of the molecule is O=C(CCCn1c(=O)oc2ccccc21)Nc1nc2c(s1)CCCC2. The Hall–Kier alpha value is -2.41. The van der Waals surface area contributed by atoms with Gasteiger partial charge in [0.2, 0.25) is 5.91 Å². The molecule has 1 aliphatic carbocycles. The molecule has 0 bridgehead atoms. The number of carbonyl (C=O) groups excluding carboxylic acids is 1. The van der Waals surface area contributed by atoms with Crippen molar-refractivity contribution < 1.29 is 9.21 Å². The molecule has 1 aromatic carbocycles. The van der Waals surface area contributed by atoms with Crippen LogP contribution < -0.4 is 11.1 Å². The smallest absolute Gasteiger partial charge is 0.408 e. The second kappa shape index (κ2) is 6.84. The van der Waals surface area contributed by atoms with E-state index >= 15 is 0 Å². The lowest BCUT2D eigenvalue weighted by Crippen LogP contribution is -2.17. The molecule has 0 radical (unpaired) electrons. The van der Waals surface area contributed by atoms with E-state index in [1.54, 1.807) is 22.0 Å². The minimum atomic E-state index is -0.380. The topological polar surface area (TPSA) is 77.1 Å². The lowest BCUT2D eigenvalue weighted by Gasteiger charge is -2.06. The fourth-order valence-electron chi connectivity index (χ4n) is 3.21. The van der Waals surface area contributed by atoms with Crippen molar-refractivity contribution in [2.75, 3.05) is 5.32 Å². The lowest BCUT2D eigenvalue weighted by molar-refractivity contribution is -0.116. The van der Waals surface area contributed by atoms with E-state index in [0.29, 0.717) is 30.1 Å². The van der Waals surface area contributed by atoms with Gasteiger partial charge >= 0.3 is 5.76 Å². The lowest BCUT2D eigenvalue weighted by atomic mass is 10.0. The molecule has 25 heavy (non-hydrogen) atoms. The van der Waals surface area contributed by atoms with Gasteiger partial charge in [-0.2, -0.15) is 0 Å². The van der Waals surface area contributed by atoms with Crippen molar-refractivity contribution in [3.05, 3.63) is 45.4 Å². The maximum atomic E-state index is 12.1. The number of para-hydroxylation sites is 2. The highest BCUT2D eigenvalue weighted by Crippen LogP contribution is 2.29. The zero-order valence-electron chi connectivity index (χ0n) is 13.8. The summed E-state index contributed by atoms with van der Waals surface area (Å²) in [6, 6.07) is 7.31. The molecule has 0 atom stereocenters. The monoisotopic (exact) mass is 357 g/mol. The van der Waals surface area contributed by atoms with Gasteiger partial charge in [0.15, 0.2) is 10.7 Å². The van der Waals surface area contributed by atoms with Crippen molar-refractivity contribution in [1.82, 2.24) is 9.55 Å². The Morgan fingerprint density at radius 3 is 3.00 bits per heavy atom. The van der Waals surface area contributed by atoms with E-state index < -0.39 is 0 Å². The highest BCUT2D eigenvalue weighted by molar-refractivity contribution is 7.15. The van der Waals surface area contributed by atoms with Crippen molar-refractivity contribution in [3.63, 3.8) is 0 Å². The van der Waals surface area contributed by atoms with Crippen LogP contribution in [0.1, 0.15) is 36.3 Å². The van der Waals surface area contributed by atoms with Crippen LogP contribution in [0.25, 0.3) is 11.1 Å². The largest absolute Gasteiger partial charge is 0.419 e. The Balaban J connectivity index is 1.35. The predicted octanol–water partition coefficient (Wildman–Crippen LogP) is 3.35. The summed E-state index contributed by atoms with van der Waals surface area (Å²) in [5.74, 6) is -0.443. The van der Waals surface area contributed by atoms with Crippen LogP contribution in [0.4, 0.5) is 5.13 Å². The number of carbonyl (C=O) groups is 1. The number of fused-ring (bicyclic) bond motifs is 2. The summed E-state index contributed by atoms with van der Waals surface area (Å²) in [6.45, 7) is 0.456. The number of oxazole rings is 1. The molecule has 3 aromatic rings. The first-order valence-corrected chi connectivity index (χ1v) is 9.39. The van der Waals surface area contributed by atoms with Crippen LogP contribution in [-0.4, -0.2) is 15.5 Å². The van der Waals surface area contributed by atoms with Gasteiger partial charge in [0, 0.05) is 17.8 Å². The normalized spacial score (nSPS) is 13.8. The number of nitrogens with zero attached hydrogens (tertiary/aromatic N) is 2. The maximum Gasteiger partial charge on any atom is 0.419 e. The van der Waals surface area contributed by atoms with Crippen LogP contribution in [0, 0.1) is 0 Å². The number of aromatic nitrogens is 2. The standard InChI is InChI=1S/C18H19N3O3S/c22-16(20-17-19-12-6-1-4-9-15(12)25-17)10-5-11-21-13-7-2-3-8-14(13)24-18(21)23/h2-3,7-8H,1,4-6,9-11H2,(H,19,20,22). The van der Waals surface area contributed by atoms with Crippen LogP contribution in [0.2, 0.25) is 0 Å². The van der Waals surface area contributed by atoms with Gasteiger partial charge in [0.25, 0.3) is 0 Å². The Labute approximate surface area is 148 Å². The molecule has 4 rings (SSSR count). The molecule has 6 nitrogen and oxygen atoms in total. The minimum Gasteiger partial charge on any atom is -0.408 e. The van der Waals surface area contributed by atoms with Crippen LogP contribution >= 0.6 is 11.3 Å². The van der Waals surface area contributed by atoms with Crippen molar-refractivity contribution in [2.24, 2.45) is 0 Å². The molecule has 0 saturated heterocycles. The summed E-state index contributed by atoms with van der Waals surface area (Å²) < 4.78 is 6.77. The second-order valence-corrected chi connectivity index (χ2v) is 7.32. The summed E-state index contributed by atoms with van der Waals surface area (Å²) in [5, 5.41) is 3.59. The summed E-state index contributed by atoms with van der Waals surface area (Å²) in [7, 11) is 0. The molecule has 2 heterocycles. The van der Waals surface area contributed by atoms with E-state index in [4.69, 9.17) is 4.42 Å². The molecule has 1 aliphatic rings. The molecule has 7 heteroatoms. The number of rotatable bonds is 5. The van der Waals surface area contributed by atoms with Crippen molar-refractivity contribution >= 4 is 33.5 Å². The number of aryl methyl sites for hydroxylation is 3. The molecule has 0 spiro atoms. The van der Waals surface area contributed by atoms with Gasteiger partial charge in [-0.05, 0) is 44.2 Å². The van der Waals surface area contributed by atoms with E-state index in [2.05, 4.69) is 10.3 Å². The third-order valence-electron chi connectivity index (χ3n) is 4.45. The minimum absolute atomic E-state index is 0.0630. The second-order valence-electron chi connectivity index (χ2n) is 6.24. The third kappa shape index (κ3) is 3.37. The van der Waals surface area contributed by atoms with E-state index in [-0.39, 0.29) is 11.7 Å². The van der Waals surface area contributed by atoms with E-state index in [1.807, 2.05) is 18.2 Å².